The molecule has 1 aromatic heterocycles. The largest absolute Gasteiger partial charge is 0.419 e. The van der Waals surface area contributed by atoms with Crippen molar-refractivity contribution in [3.63, 3.8) is 0 Å². The quantitative estimate of drug-likeness (QED) is 0.911. The van der Waals surface area contributed by atoms with Crippen molar-refractivity contribution in [3.05, 3.63) is 46.2 Å². The molecule has 0 spiro atoms. The van der Waals surface area contributed by atoms with E-state index in [1.54, 1.807) is 25.1 Å². The molecule has 0 aliphatic heterocycles. The lowest BCUT2D eigenvalue weighted by atomic mass is 10.1. The number of halogens is 4. The number of nitrogens with zero attached hydrogens (tertiary/aromatic N) is 2. The van der Waals surface area contributed by atoms with E-state index in [2.05, 4.69) is 21.0 Å². The van der Waals surface area contributed by atoms with E-state index in [1.807, 2.05) is 0 Å². The number of rotatable bonds is 2. The molecule has 0 saturated heterocycles. The van der Waals surface area contributed by atoms with Crippen LogP contribution in [0.1, 0.15) is 24.1 Å². The van der Waals surface area contributed by atoms with Crippen molar-refractivity contribution in [3.8, 4) is 5.69 Å². The van der Waals surface area contributed by atoms with Crippen LogP contribution in [0.15, 0.2) is 35.1 Å². The molecule has 0 radical (unpaired) electrons. The lowest BCUT2D eigenvalue weighted by Crippen LogP contribution is -2.10. The van der Waals surface area contributed by atoms with Crippen molar-refractivity contribution in [1.29, 1.82) is 0 Å². The first-order valence-corrected chi connectivity index (χ1v) is 6.25. The van der Waals surface area contributed by atoms with Gasteiger partial charge in [0.25, 0.3) is 0 Å². The zero-order valence-electron chi connectivity index (χ0n) is 9.95. The van der Waals surface area contributed by atoms with E-state index in [0.29, 0.717) is 11.3 Å². The molecule has 1 heterocycles. The highest BCUT2D eigenvalue weighted by Gasteiger charge is 2.32. The first-order chi connectivity index (χ1) is 8.79. The second kappa shape index (κ2) is 4.97. The Kier molecular flexibility index (Phi) is 3.69. The van der Waals surface area contributed by atoms with Gasteiger partial charge in [0.05, 0.1) is 17.4 Å². The van der Waals surface area contributed by atoms with Crippen LogP contribution in [0, 0.1) is 0 Å². The van der Waals surface area contributed by atoms with Crippen LogP contribution in [0.5, 0.6) is 0 Å². The van der Waals surface area contributed by atoms with E-state index in [-0.39, 0.29) is 6.04 Å². The van der Waals surface area contributed by atoms with Gasteiger partial charge in [0.2, 0.25) is 0 Å². The minimum atomic E-state index is -4.40. The summed E-state index contributed by atoms with van der Waals surface area (Å²) < 4.78 is 39.7. The van der Waals surface area contributed by atoms with Gasteiger partial charge in [-0.25, -0.2) is 4.68 Å². The van der Waals surface area contributed by atoms with Crippen LogP contribution in [-0.4, -0.2) is 9.78 Å². The Labute approximate surface area is 116 Å². The number of hydrogen-bond donors (Lipinski definition) is 1. The SMILES string of the molecule is CC(N)c1cc(Br)ccc1-n1cc(C(F)(F)F)cn1. The number of aromatic nitrogens is 2. The van der Waals surface area contributed by atoms with Gasteiger partial charge < -0.3 is 5.73 Å². The Balaban J connectivity index is 2.50. The van der Waals surface area contributed by atoms with Crippen molar-refractivity contribution >= 4 is 15.9 Å². The van der Waals surface area contributed by atoms with Crippen LogP contribution in [0.2, 0.25) is 0 Å². The molecule has 19 heavy (non-hydrogen) atoms. The van der Waals surface area contributed by atoms with E-state index >= 15 is 0 Å². The molecule has 0 amide bonds. The van der Waals surface area contributed by atoms with Gasteiger partial charge in [0.1, 0.15) is 0 Å². The van der Waals surface area contributed by atoms with Gasteiger partial charge in [0, 0.05) is 16.7 Å². The minimum Gasteiger partial charge on any atom is -0.324 e. The highest BCUT2D eigenvalue weighted by molar-refractivity contribution is 9.10. The maximum absolute atomic E-state index is 12.6. The zero-order chi connectivity index (χ0) is 14.2. The maximum Gasteiger partial charge on any atom is 0.419 e. The van der Waals surface area contributed by atoms with Crippen LogP contribution in [-0.2, 0) is 6.18 Å². The average molecular weight is 334 g/mol. The van der Waals surface area contributed by atoms with Gasteiger partial charge in [-0.2, -0.15) is 18.3 Å². The van der Waals surface area contributed by atoms with E-state index in [1.165, 1.54) is 4.68 Å². The highest BCUT2D eigenvalue weighted by atomic mass is 79.9. The third-order valence-corrected chi connectivity index (χ3v) is 3.13. The molecule has 0 aliphatic carbocycles. The van der Waals surface area contributed by atoms with E-state index < -0.39 is 11.7 Å². The standard InChI is InChI=1S/C12H11BrF3N3/c1-7(17)10-4-9(13)2-3-11(10)19-6-8(5-18-19)12(14,15)16/h2-7H,17H2,1H3. The zero-order valence-corrected chi connectivity index (χ0v) is 11.5. The van der Waals surface area contributed by atoms with Gasteiger partial charge >= 0.3 is 6.18 Å². The van der Waals surface area contributed by atoms with Crippen LogP contribution in [0.25, 0.3) is 5.69 Å². The Hall–Kier alpha value is -1.34. The molecule has 0 bridgehead atoms. The van der Waals surface area contributed by atoms with Crippen LogP contribution in [0.3, 0.4) is 0 Å². The molecule has 3 nitrogen and oxygen atoms in total. The highest BCUT2D eigenvalue weighted by Crippen LogP contribution is 2.30. The van der Waals surface area contributed by atoms with Crippen LogP contribution >= 0.6 is 15.9 Å². The predicted molar refractivity (Wildman–Crippen MR) is 68.9 cm³/mol. The van der Waals surface area contributed by atoms with Gasteiger partial charge in [-0.3, -0.25) is 0 Å². The second-order valence-corrected chi connectivity index (χ2v) is 5.08. The summed E-state index contributed by atoms with van der Waals surface area (Å²) in [5, 5.41) is 3.75. The van der Waals surface area contributed by atoms with Crippen LogP contribution in [0.4, 0.5) is 13.2 Å². The average Bonchev–Trinajstić information content (AvgIpc) is 2.77. The first-order valence-electron chi connectivity index (χ1n) is 5.46. The predicted octanol–water partition coefficient (Wildman–Crippen LogP) is 3.67. The number of nitrogens with two attached hydrogens (primary N) is 1. The Morgan fingerprint density at radius 1 is 1.37 bits per heavy atom. The van der Waals surface area contributed by atoms with Crippen LogP contribution < -0.4 is 5.73 Å². The molecule has 0 saturated carbocycles. The van der Waals surface area contributed by atoms with E-state index in [4.69, 9.17) is 5.73 Å². The summed E-state index contributed by atoms with van der Waals surface area (Å²) in [6.45, 7) is 1.76. The summed E-state index contributed by atoms with van der Waals surface area (Å²) in [5.74, 6) is 0. The Morgan fingerprint density at radius 2 is 2.05 bits per heavy atom. The molecule has 102 valence electrons. The molecular weight excluding hydrogens is 323 g/mol. The Bertz CT molecular complexity index is 590. The summed E-state index contributed by atoms with van der Waals surface area (Å²) >= 11 is 3.31. The molecule has 2 rings (SSSR count). The van der Waals surface area contributed by atoms with Gasteiger partial charge in [-0.15, -0.1) is 0 Å². The molecule has 2 aromatic rings. The van der Waals surface area contributed by atoms with Gasteiger partial charge in [0.15, 0.2) is 0 Å². The van der Waals surface area contributed by atoms with Crippen molar-refractivity contribution in [1.82, 2.24) is 9.78 Å². The Morgan fingerprint density at radius 3 is 2.58 bits per heavy atom. The fraction of sp³-hybridized carbons (Fsp3) is 0.250. The molecule has 0 fully saturated rings. The summed E-state index contributed by atoms with van der Waals surface area (Å²) in [4.78, 5) is 0. The summed E-state index contributed by atoms with van der Waals surface area (Å²) in [6.07, 6.45) is -2.65. The number of benzene rings is 1. The molecule has 7 heteroatoms. The van der Waals surface area contributed by atoms with Crippen molar-refractivity contribution in [2.24, 2.45) is 5.73 Å². The van der Waals surface area contributed by atoms with Crippen molar-refractivity contribution < 1.29 is 13.2 Å². The number of hydrogen-bond acceptors (Lipinski definition) is 2. The lowest BCUT2D eigenvalue weighted by Gasteiger charge is -2.13. The molecular formula is C12H11BrF3N3. The van der Waals surface area contributed by atoms with Crippen molar-refractivity contribution in [2.45, 2.75) is 19.1 Å². The number of alkyl halides is 3. The summed E-state index contributed by atoms with van der Waals surface area (Å²) in [5.41, 5.74) is 6.29. The summed E-state index contributed by atoms with van der Waals surface area (Å²) in [6, 6.07) is 4.87. The molecule has 1 unspecified atom stereocenters. The lowest BCUT2D eigenvalue weighted by molar-refractivity contribution is -0.137. The molecule has 1 atom stereocenters. The monoisotopic (exact) mass is 333 g/mol. The van der Waals surface area contributed by atoms with Gasteiger partial charge in [-0.05, 0) is 30.7 Å². The molecule has 1 aromatic carbocycles. The maximum atomic E-state index is 12.6. The first kappa shape index (κ1) is 14.1. The smallest absolute Gasteiger partial charge is 0.324 e. The third kappa shape index (κ3) is 2.98. The topological polar surface area (TPSA) is 43.8 Å². The molecule has 0 aliphatic rings. The third-order valence-electron chi connectivity index (χ3n) is 2.64. The van der Waals surface area contributed by atoms with E-state index in [0.717, 1.165) is 16.9 Å². The van der Waals surface area contributed by atoms with Crippen molar-refractivity contribution in [2.75, 3.05) is 0 Å². The minimum absolute atomic E-state index is 0.314. The van der Waals surface area contributed by atoms with E-state index in [9.17, 15) is 13.2 Å². The molecule has 2 N–H and O–H groups in total. The fourth-order valence-corrected chi connectivity index (χ4v) is 2.08. The summed E-state index contributed by atoms with van der Waals surface area (Å²) in [7, 11) is 0. The second-order valence-electron chi connectivity index (χ2n) is 4.16. The van der Waals surface area contributed by atoms with Gasteiger partial charge in [-0.1, -0.05) is 15.9 Å². The normalized spacial score (nSPS) is 13.6. The fourth-order valence-electron chi connectivity index (χ4n) is 1.70.